The van der Waals surface area contributed by atoms with Crippen LogP contribution in [0.25, 0.3) is 21.3 Å². The smallest absolute Gasteiger partial charge is 0.247 e. The number of para-hydroxylation sites is 2. The number of nitrogens with one attached hydrogen (secondary N) is 9. The van der Waals surface area contributed by atoms with Crippen LogP contribution in [-0.4, -0.2) is 138 Å². The third kappa shape index (κ3) is 24.2. The molecule has 4 atom stereocenters. The molecule has 8 amide bonds. The number of sulfone groups is 2. The van der Waals surface area contributed by atoms with Crippen LogP contribution in [0.2, 0.25) is 5.02 Å². The summed E-state index contributed by atoms with van der Waals surface area (Å²) in [6, 6.07) is 76.4. The summed E-state index contributed by atoms with van der Waals surface area (Å²) in [5.41, 5.74) is 12.5. The number of carbonyl (C=O) groups is 8. The zero-order valence-electron chi connectivity index (χ0n) is 75.1. The lowest BCUT2D eigenvalue weighted by atomic mass is 10.00. The van der Waals surface area contributed by atoms with Gasteiger partial charge in [-0.25, -0.2) is 48.6 Å². The minimum Gasteiger partial charge on any atom is -0.497 e. The molecule has 5 aliphatic heterocycles. The van der Waals surface area contributed by atoms with Crippen molar-refractivity contribution >= 4 is 171 Å². The van der Waals surface area contributed by atoms with E-state index in [1.165, 1.54) is 41.7 Å². The Hall–Kier alpha value is -14.5. The van der Waals surface area contributed by atoms with Crippen molar-refractivity contribution in [1.82, 2.24) is 34.3 Å². The predicted octanol–water partition coefficient (Wildman–Crippen LogP) is 14.1. The minimum atomic E-state index is -4.04. The number of methoxy groups -OCH3 is 1. The molecule has 5 aliphatic rings. The van der Waals surface area contributed by atoms with Crippen LogP contribution in [-0.2, 0) is 130 Å². The number of anilines is 7. The van der Waals surface area contributed by atoms with Crippen molar-refractivity contribution < 1.29 is 76.8 Å². The number of halogens is 1. The first-order valence-electron chi connectivity index (χ1n) is 44.5. The van der Waals surface area contributed by atoms with Crippen molar-refractivity contribution in [2.75, 3.05) is 62.0 Å². The summed E-state index contributed by atoms with van der Waals surface area (Å²) in [7, 11) is -14.1. The molecule has 14 aromatic rings. The van der Waals surface area contributed by atoms with Crippen LogP contribution >= 0.6 is 22.9 Å². The van der Waals surface area contributed by atoms with Gasteiger partial charge in [0.2, 0.25) is 73.3 Å². The van der Waals surface area contributed by atoms with Gasteiger partial charge in [-0.05, 0) is 216 Å². The number of rotatable bonds is 27. The molecule has 3 aromatic heterocycles. The third-order valence-corrected chi connectivity index (χ3v) is 31.6. The highest BCUT2D eigenvalue weighted by atomic mass is 35.5. The van der Waals surface area contributed by atoms with Crippen LogP contribution in [0.5, 0.6) is 5.75 Å². The van der Waals surface area contributed by atoms with Crippen LogP contribution in [0.1, 0.15) is 93.2 Å². The second kappa shape index (κ2) is 43.0. The Morgan fingerprint density at radius 2 is 0.906 bits per heavy atom. The van der Waals surface area contributed by atoms with Gasteiger partial charge in [-0.3, -0.25) is 43.3 Å². The van der Waals surface area contributed by atoms with Gasteiger partial charge in [-0.2, -0.15) is 9.44 Å². The van der Waals surface area contributed by atoms with Gasteiger partial charge in [-0.15, -0.1) is 0 Å². The number of amides is 8. The molecular weight excluding hydrogens is 1890 g/mol. The number of benzene rings is 11. The lowest BCUT2D eigenvalue weighted by Crippen LogP contribution is -2.49. The van der Waals surface area contributed by atoms with Crippen molar-refractivity contribution in [2.24, 2.45) is 0 Å². The molecule has 0 fully saturated rings. The Morgan fingerprint density at radius 1 is 0.453 bits per heavy atom. The largest absolute Gasteiger partial charge is 0.497 e. The number of hydrogen-bond donors (Lipinski definition) is 9. The van der Waals surface area contributed by atoms with Crippen molar-refractivity contribution in [2.45, 2.75) is 128 Å². The van der Waals surface area contributed by atoms with Gasteiger partial charge >= 0.3 is 0 Å². The number of pyridine rings is 1. The lowest BCUT2D eigenvalue weighted by molar-refractivity contribution is -0.122. The normalized spacial score (nSPS) is 14.6. The van der Waals surface area contributed by atoms with E-state index in [9.17, 15) is 72.0 Å². The van der Waals surface area contributed by atoms with Gasteiger partial charge in [0.05, 0.1) is 71.3 Å². The average molecular weight is 1980 g/mol. The van der Waals surface area contributed by atoms with E-state index in [1.54, 1.807) is 140 Å². The Kier molecular flexibility index (Phi) is 30.2. The highest BCUT2D eigenvalue weighted by Crippen LogP contribution is 2.37. The lowest BCUT2D eigenvalue weighted by Gasteiger charge is -2.24. The SMILES string of the molecule is COc1ccc2nc(NC(=O)C(CS(=O)(=O)c3ccc4c(c3)CCC(=O)N4)c3ccccc3)sc2c1.Cc1ccc(NC(=O)C(Cc2ccccc2)NS(=O)(=O)c2ccc3c(c2)CCC(=O)N3)nc1.O=C1CCc2cc(S(=O)(=O)CC(C(=O)NCc3ccccc3Cl)c3ccccc3)ccc2N1.O=C1CCc2cc(S(=O)(=O)NC(Cc3ccccc3)C(=O)N3CCn4c3nc3ccccc34)ccc2N1. The fourth-order valence-corrected chi connectivity index (χ4v) is 23.3. The maximum atomic E-state index is 13.9. The van der Waals surface area contributed by atoms with Crippen molar-refractivity contribution in [3.63, 3.8) is 0 Å². The summed E-state index contributed by atoms with van der Waals surface area (Å²) in [5, 5.41) is 20.3. The molecular formula is C102H95ClN14O17S5. The van der Waals surface area contributed by atoms with E-state index in [0.717, 1.165) is 60.2 Å². The maximum absolute atomic E-state index is 13.9. The average Bonchev–Trinajstić information content (AvgIpc) is 1.62. The van der Waals surface area contributed by atoms with Gasteiger partial charge in [0.15, 0.2) is 24.8 Å². The zero-order chi connectivity index (χ0) is 97.7. The summed E-state index contributed by atoms with van der Waals surface area (Å²) < 4.78 is 120. The summed E-state index contributed by atoms with van der Waals surface area (Å²) in [5.74, 6) is -3.17. The minimum absolute atomic E-state index is 0.0386. The van der Waals surface area contributed by atoms with Gasteiger partial charge in [-0.1, -0.05) is 181 Å². The standard InChI is InChI=1S/C27H25N5O4S.C26H23N3O5S2.C25H23ClN2O4S.C24H24N4O4S/c33-25-13-10-19-17-20(11-12-21(19)28-25)37(35,36)30-23(16-18-6-2-1-3-7-18)26(34)32-15-14-31-24-9-5-4-8-22(24)29-27(31)32;1-34-18-8-10-22-23(14-18)35-26(28-22)29-25(31)20(16-5-3-2-4-6-16)15-36(32,33)19-9-11-21-17(13-19)7-12-24(30)27-21;26-22-9-5-4-8-19(22)15-27-25(30)21(17-6-2-1-3-7-17)16-33(31,32)20-11-12-23-18(14-20)10-13-24(29)28-23;1-16-7-11-22(25-15-16)27-24(30)21(13-17-5-3-2-4-6-17)28-33(31,32)19-9-10-20-18(14-19)8-12-23(29)26-20/h1-9,11-12,17,23,30H,10,13-16H2,(H,28,33);2-6,8-11,13-14,20H,7,12,15H2,1H3,(H,27,30)(H,28,29,31);1-9,11-12,14,21H,10,13,15-16H2,(H,27,30)(H,28,29);2-7,9-11,14-15,21,28H,8,12-13H2,1H3,(H,26,29)(H,25,27,30). The molecule has 0 saturated carbocycles. The second-order valence-corrected chi connectivity index (χ2v) is 42.5. The number of fused-ring (bicyclic) bond motifs is 8. The number of imidazole rings is 1. The molecule has 19 rings (SSSR count). The van der Waals surface area contributed by atoms with Crippen LogP contribution in [0, 0.1) is 6.92 Å². The van der Waals surface area contributed by atoms with E-state index in [2.05, 4.69) is 61.6 Å². The topological polar surface area (TPSA) is 437 Å². The first-order chi connectivity index (χ1) is 66.8. The second-order valence-electron chi connectivity index (χ2n) is 33.6. The zero-order valence-corrected chi connectivity index (χ0v) is 79.9. The summed E-state index contributed by atoms with van der Waals surface area (Å²) in [6.45, 7) is 3.08. The van der Waals surface area contributed by atoms with Gasteiger partial charge < -0.3 is 46.5 Å². The van der Waals surface area contributed by atoms with Gasteiger partial charge in [0, 0.05) is 79.3 Å². The molecule has 712 valence electrons. The van der Waals surface area contributed by atoms with E-state index in [1.807, 2.05) is 133 Å². The molecule has 0 radical (unpaired) electrons. The van der Waals surface area contributed by atoms with E-state index in [0.29, 0.717) is 132 Å². The monoisotopic (exact) mass is 1980 g/mol. The van der Waals surface area contributed by atoms with Crippen LogP contribution in [0.15, 0.2) is 299 Å². The molecule has 37 heteroatoms. The number of aryl methyl sites for hydroxylation is 5. The maximum Gasteiger partial charge on any atom is 0.247 e. The Balaban J connectivity index is 0.000000134. The molecule has 0 aliphatic carbocycles. The first kappa shape index (κ1) is 97.6. The van der Waals surface area contributed by atoms with Crippen LogP contribution in [0.4, 0.5) is 39.6 Å². The molecule has 0 spiro atoms. The summed E-state index contributed by atoms with van der Waals surface area (Å²) >= 11 is 7.48. The Morgan fingerprint density at radius 3 is 1.40 bits per heavy atom. The van der Waals surface area contributed by atoms with E-state index in [-0.39, 0.29) is 74.3 Å². The van der Waals surface area contributed by atoms with Crippen molar-refractivity contribution in [3.05, 3.63) is 340 Å². The number of thiazole rings is 1. The van der Waals surface area contributed by atoms with Crippen molar-refractivity contribution in [3.8, 4) is 5.75 Å². The molecule has 139 heavy (non-hydrogen) atoms. The fourth-order valence-electron chi connectivity index (χ4n) is 16.6. The highest BCUT2D eigenvalue weighted by molar-refractivity contribution is 7.92. The van der Waals surface area contributed by atoms with Gasteiger partial charge in [0.25, 0.3) is 0 Å². The molecule has 9 N–H and O–H groups in total. The summed E-state index contributed by atoms with van der Waals surface area (Å²) in [6.07, 6.45) is 5.06. The molecule has 31 nitrogen and oxygen atoms in total. The van der Waals surface area contributed by atoms with Crippen LogP contribution in [0.3, 0.4) is 0 Å². The van der Waals surface area contributed by atoms with Gasteiger partial charge in [0.1, 0.15) is 23.7 Å². The number of carbonyl (C=O) groups excluding carboxylic acids is 8. The number of aromatic nitrogens is 4. The number of nitrogens with zero attached hydrogens (tertiary/aromatic N) is 5. The van der Waals surface area contributed by atoms with E-state index in [4.69, 9.17) is 16.3 Å². The molecule has 4 unspecified atom stereocenters. The van der Waals surface area contributed by atoms with Crippen molar-refractivity contribution in [1.29, 1.82) is 0 Å². The Bertz CT molecular complexity index is 7540. The summed E-state index contributed by atoms with van der Waals surface area (Å²) in [4.78, 5) is 115. The molecule has 11 aromatic carbocycles. The fraction of sp³-hybridized carbons (Fsp3) is 0.206. The van der Waals surface area contributed by atoms with E-state index < -0.39 is 87.1 Å². The number of sulfonamides is 2. The quantitative estimate of drug-likeness (QED) is 0.0231. The Labute approximate surface area is 811 Å². The number of ether oxygens (including phenoxy) is 1. The molecule has 8 heterocycles. The number of hydrogen-bond acceptors (Lipinski definition) is 21. The highest BCUT2D eigenvalue weighted by Gasteiger charge is 2.38. The molecule has 0 bridgehead atoms. The van der Waals surface area contributed by atoms with E-state index >= 15 is 0 Å². The third-order valence-electron chi connectivity index (χ3n) is 23.9. The predicted molar refractivity (Wildman–Crippen MR) is 532 cm³/mol. The first-order valence-corrected chi connectivity index (χ1v) is 52.0. The van der Waals surface area contributed by atoms with Crippen LogP contribution < -0.4 is 56.3 Å². The molecule has 0 saturated heterocycles.